The van der Waals surface area contributed by atoms with Crippen LogP contribution in [0.1, 0.15) is 25.5 Å². The number of hydrogen-bond acceptors (Lipinski definition) is 3. The molecule has 0 saturated carbocycles. The zero-order valence-electron chi connectivity index (χ0n) is 7.91. The Morgan fingerprint density at radius 1 is 1.38 bits per heavy atom. The van der Waals surface area contributed by atoms with E-state index in [0.717, 1.165) is 12.1 Å². The van der Waals surface area contributed by atoms with Crippen LogP contribution in [-0.4, -0.2) is 16.8 Å². The van der Waals surface area contributed by atoms with Gasteiger partial charge in [-0.1, -0.05) is 6.92 Å². The van der Waals surface area contributed by atoms with Crippen molar-refractivity contribution < 1.29 is 10.2 Å². The van der Waals surface area contributed by atoms with Gasteiger partial charge in [0.05, 0.1) is 0 Å². The predicted octanol–water partition coefficient (Wildman–Crippen LogP) is 1.77. The summed E-state index contributed by atoms with van der Waals surface area (Å²) in [6, 6.07) is 4.59. The Hall–Kier alpha value is -1.22. The van der Waals surface area contributed by atoms with Crippen LogP contribution in [0.2, 0.25) is 0 Å². The van der Waals surface area contributed by atoms with Crippen molar-refractivity contribution in [2.45, 2.75) is 19.9 Å². The molecule has 0 aromatic heterocycles. The van der Waals surface area contributed by atoms with E-state index in [-0.39, 0.29) is 17.5 Å². The molecule has 0 bridgehead atoms. The molecule has 1 aromatic rings. The summed E-state index contributed by atoms with van der Waals surface area (Å²) in [5.41, 5.74) is 0.724. The minimum atomic E-state index is 0.0529. The monoisotopic (exact) mass is 181 g/mol. The maximum Gasteiger partial charge on any atom is 0.120 e. The second-order valence-electron chi connectivity index (χ2n) is 3.02. The highest BCUT2D eigenvalue weighted by Crippen LogP contribution is 2.27. The second-order valence-corrected chi connectivity index (χ2v) is 3.02. The lowest BCUT2D eigenvalue weighted by Crippen LogP contribution is -2.17. The Kier molecular flexibility index (Phi) is 3.14. The van der Waals surface area contributed by atoms with Crippen LogP contribution in [0.4, 0.5) is 0 Å². The first-order chi connectivity index (χ1) is 6.15. The van der Waals surface area contributed by atoms with E-state index in [9.17, 15) is 10.2 Å². The van der Waals surface area contributed by atoms with E-state index in [1.807, 2.05) is 13.8 Å². The van der Waals surface area contributed by atoms with Crippen molar-refractivity contribution in [3.8, 4) is 11.5 Å². The lowest BCUT2D eigenvalue weighted by molar-refractivity contribution is 0.442. The number of nitrogens with one attached hydrogen (secondary N) is 1. The van der Waals surface area contributed by atoms with Crippen LogP contribution in [0.3, 0.4) is 0 Å². The van der Waals surface area contributed by atoms with Gasteiger partial charge in [0, 0.05) is 11.6 Å². The molecule has 13 heavy (non-hydrogen) atoms. The highest BCUT2D eigenvalue weighted by molar-refractivity contribution is 5.40. The quantitative estimate of drug-likeness (QED) is 0.623. The van der Waals surface area contributed by atoms with Crippen molar-refractivity contribution in [2.75, 3.05) is 6.54 Å². The molecule has 0 saturated heterocycles. The van der Waals surface area contributed by atoms with Gasteiger partial charge in [0.2, 0.25) is 0 Å². The molecule has 0 fully saturated rings. The number of benzene rings is 1. The molecule has 1 unspecified atom stereocenters. The Balaban J connectivity index is 2.91. The lowest BCUT2D eigenvalue weighted by atomic mass is 10.1. The van der Waals surface area contributed by atoms with Gasteiger partial charge < -0.3 is 15.5 Å². The highest BCUT2D eigenvalue weighted by atomic mass is 16.3. The SMILES string of the molecule is CCNC(C)c1cc(O)ccc1O. The first-order valence-electron chi connectivity index (χ1n) is 4.40. The minimum Gasteiger partial charge on any atom is -0.508 e. The third-order valence-electron chi connectivity index (χ3n) is 1.99. The number of phenolic OH excluding ortho intramolecular Hbond substituents is 2. The molecule has 72 valence electrons. The molecule has 3 heteroatoms. The second kappa shape index (κ2) is 4.14. The summed E-state index contributed by atoms with van der Waals surface area (Å²) in [4.78, 5) is 0. The molecule has 0 aliphatic heterocycles. The van der Waals surface area contributed by atoms with Crippen LogP contribution in [0.15, 0.2) is 18.2 Å². The van der Waals surface area contributed by atoms with Crippen molar-refractivity contribution in [3.05, 3.63) is 23.8 Å². The summed E-state index contributed by atoms with van der Waals surface area (Å²) >= 11 is 0. The average molecular weight is 181 g/mol. The average Bonchev–Trinajstić information content (AvgIpc) is 2.09. The van der Waals surface area contributed by atoms with Gasteiger partial charge in [0.1, 0.15) is 11.5 Å². The molecule has 0 radical (unpaired) electrons. The van der Waals surface area contributed by atoms with Crippen LogP contribution >= 0.6 is 0 Å². The molecule has 0 heterocycles. The van der Waals surface area contributed by atoms with Gasteiger partial charge in [-0.2, -0.15) is 0 Å². The van der Waals surface area contributed by atoms with Crippen LogP contribution in [0.5, 0.6) is 11.5 Å². The van der Waals surface area contributed by atoms with Gasteiger partial charge >= 0.3 is 0 Å². The predicted molar refractivity (Wildman–Crippen MR) is 51.9 cm³/mol. The van der Waals surface area contributed by atoms with Crippen LogP contribution < -0.4 is 5.32 Å². The number of aromatic hydroxyl groups is 2. The van der Waals surface area contributed by atoms with E-state index in [1.54, 1.807) is 6.07 Å². The molecule has 0 amide bonds. The summed E-state index contributed by atoms with van der Waals surface area (Å²) in [6.07, 6.45) is 0. The molecule has 1 atom stereocenters. The topological polar surface area (TPSA) is 52.5 Å². The first-order valence-corrected chi connectivity index (χ1v) is 4.40. The van der Waals surface area contributed by atoms with Gasteiger partial charge in [-0.15, -0.1) is 0 Å². The van der Waals surface area contributed by atoms with Gasteiger partial charge in [-0.3, -0.25) is 0 Å². The van der Waals surface area contributed by atoms with E-state index in [0.29, 0.717) is 0 Å². The standard InChI is InChI=1S/C10H15NO2/c1-3-11-7(2)9-6-8(12)4-5-10(9)13/h4-7,11-13H,3H2,1-2H3. The number of phenols is 2. The van der Waals surface area contributed by atoms with E-state index in [2.05, 4.69) is 5.32 Å². The van der Waals surface area contributed by atoms with Gasteiger partial charge in [-0.05, 0) is 31.7 Å². The smallest absolute Gasteiger partial charge is 0.120 e. The summed E-state index contributed by atoms with van der Waals surface area (Å²) in [7, 11) is 0. The van der Waals surface area contributed by atoms with Gasteiger partial charge in [-0.25, -0.2) is 0 Å². The van der Waals surface area contributed by atoms with E-state index in [4.69, 9.17) is 0 Å². The third kappa shape index (κ3) is 2.36. The van der Waals surface area contributed by atoms with Crippen molar-refractivity contribution in [3.63, 3.8) is 0 Å². The fourth-order valence-electron chi connectivity index (χ4n) is 1.30. The molecule has 1 aromatic carbocycles. The van der Waals surface area contributed by atoms with E-state index >= 15 is 0 Å². The van der Waals surface area contributed by atoms with E-state index in [1.165, 1.54) is 12.1 Å². The summed E-state index contributed by atoms with van der Waals surface area (Å²) in [5.74, 6) is 0.392. The largest absolute Gasteiger partial charge is 0.508 e. The summed E-state index contributed by atoms with van der Waals surface area (Å²) in [5, 5.41) is 21.9. The Labute approximate surface area is 78.0 Å². The highest BCUT2D eigenvalue weighted by Gasteiger charge is 2.09. The molecule has 3 N–H and O–H groups in total. The summed E-state index contributed by atoms with van der Waals surface area (Å²) < 4.78 is 0. The zero-order valence-corrected chi connectivity index (χ0v) is 7.91. The molecule has 3 nitrogen and oxygen atoms in total. The fraction of sp³-hybridized carbons (Fsp3) is 0.400. The number of rotatable bonds is 3. The van der Waals surface area contributed by atoms with Crippen molar-refractivity contribution in [2.24, 2.45) is 0 Å². The summed E-state index contributed by atoms with van der Waals surface area (Å²) in [6.45, 7) is 4.77. The molecule has 0 aliphatic carbocycles. The zero-order chi connectivity index (χ0) is 9.84. The van der Waals surface area contributed by atoms with Crippen molar-refractivity contribution in [1.82, 2.24) is 5.32 Å². The number of hydrogen-bond donors (Lipinski definition) is 3. The Bertz CT molecular complexity index is 286. The molecule has 0 spiro atoms. The van der Waals surface area contributed by atoms with Crippen LogP contribution in [0.25, 0.3) is 0 Å². The minimum absolute atomic E-state index is 0.0529. The Morgan fingerprint density at radius 2 is 2.08 bits per heavy atom. The van der Waals surface area contributed by atoms with Crippen molar-refractivity contribution in [1.29, 1.82) is 0 Å². The maximum atomic E-state index is 9.48. The van der Waals surface area contributed by atoms with Gasteiger partial charge in [0.15, 0.2) is 0 Å². The first kappa shape index (κ1) is 9.86. The van der Waals surface area contributed by atoms with Crippen LogP contribution in [0, 0.1) is 0 Å². The lowest BCUT2D eigenvalue weighted by Gasteiger charge is -2.14. The Morgan fingerprint density at radius 3 is 2.69 bits per heavy atom. The maximum absolute atomic E-state index is 9.48. The molecule has 1 rings (SSSR count). The van der Waals surface area contributed by atoms with Crippen LogP contribution in [-0.2, 0) is 0 Å². The van der Waals surface area contributed by atoms with Crippen molar-refractivity contribution >= 4 is 0 Å². The normalized spacial score (nSPS) is 12.8. The van der Waals surface area contributed by atoms with Gasteiger partial charge in [0.25, 0.3) is 0 Å². The molecular formula is C10H15NO2. The molecule has 0 aliphatic rings. The third-order valence-corrected chi connectivity index (χ3v) is 1.99. The molecular weight excluding hydrogens is 166 g/mol. The van der Waals surface area contributed by atoms with E-state index < -0.39 is 0 Å². The fourth-order valence-corrected chi connectivity index (χ4v) is 1.30.